The van der Waals surface area contributed by atoms with Gasteiger partial charge in [-0.1, -0.05) is 42.5 Å². The maximum absolute atomic E-state index is 12.7. The third-order valence-corrected chi connectivity index (χ3v) is 5.69. The Balaban J connectivity index is 1.65. The number of non-ortho nitro benzene ring substituents is 1. The Morgan fingerprint density at radius 2 is 1.92 bits per heavy atom. The van der Waals surface area contributed by atoms with E-state index in [0.717, 1.165) is 11.6 Å². The van der Waals surface area contributed by atoms with Crippen molar-refractivity contribution in [3.63, 3.8) is 0 Å². The Morgan fingerprint density at radius 1 is 1.19 bits per heavy atom. The monoisotopic (exact) mass is 503 g/mol. The van der Waals surface area contributed by atoms with Crippen LogP contribution in [0, 0.1) is 21.4 Å². The minimum absolute atomic E-state index is 0.00577. The highest BCUT2D eigenvalue weighted by Gasteiger charge is 2.31. The minimum atomic E-state index is -0.882. The zero-order chi connectivity index (χ0) is 25.8. The average Bonchev–Trinajstić information content (AvgIpc) is 2.87. The summed E-state index contributed by atoms with van der Waals surface area (Å²) < 4.78 is 16.6. The molecule has 10 heteroatoms. The van der Waals surface area contributed by atoms with Gasteiger partial charge in [-0.2, -0.15) is 5.26 Å². The van der Waals surface area contributed by atoms with Crippen LogP contribution in [0.5, 0.6) is 17.2 Å². The molecule has 0 fully saturated rings. The molecule has 0 bridgehead atoms. The molecule has 1 aliphatic rings. The van der Waals surface area contributed by atoms with Gasteiger partial charge in [-0.05, 0) is 29.8 Å². The van der Waals surface area contributed by atoms with Crippen molar-refractivity contribution in [1.82, 2.24) is 0 Å². The van der Waals surface area contributed by atoms with Crippen molar-refractivity contribution in [3.8, 4) is 23.3 Å². The van der Waals surface area contributed by atoms with Gasteiger partial charge in [0.25, 0.3) is 5.69 Å². The van der Waals surface area contributed by atoms with E-state index in [2.05, 4.69) is 12.6 Å². The topological polar surface area (TPSA) is 138 Å². The highest BCUT2D eigenvalue weighted by molar-refractivity contribution is 6.33. The van der Waals surface area contributed by atoms with E-state index in [1.165, 1.54) is 24.3 Å². The number of nitriles is 1. The van der Waals surface area contributed by atoms with E-state index in [1.54, 1.807) is 24.3 Å². The zero-order valence-electron chi connectivity index (χ0n) is 18.6. The smallest absolute Gasteiger partial charge is 0.345 e. The van der Waals surface area contributed by atoms with Crippen LogP contribution in [-0.2, 0) is 0 Å². The summed E-state index contributed by atoms with van der Waals surface area (Å²) in [6, 6.07) is 17.4. The number of ether oxygens (including phenoxy) is 3. The van der Waals surface area contributed by atoms with Crippen LogP contribution in [0.4, 0.5) is 5.69 Å². The Morgan fingerprint density at radius 3 is 2.58 bits per heavy atom. The van der Waals surface area contributed by atoms with Gasteiger partial charge in [0, 0.05) is 23.8 Å². The molecular formula is C26H18ClN3O6. The number of nitrogens with zero attached hydrogens (tertiary/aromatic N) is 2. The van der Waals surface area contributed by atoms with Gasteiger partial charge in [-0.3, -0.25) is 10.1 Å². The molecule has 0 amide bonds. The van der Waals surface area contributed by atoms with Crippen molar-refractivity contribution < 1.29 is 23.9 Å². The summed E-state index contributed by atoms with van der Waals surface area (Å²) in [7, 11) is 0. The largest absolute Gasteiger partial charge is 0.490 e. The van der Waals surface area contributed by atoms with E-state index < -0.39 is 16.8 Å². The van der Waals surface area contributed by atoms with Crippen LogP contribution in [0.3, 0.4) is 0 Å². The van der Waals surface area contributed by atoms with Crippen LogP contribution in [0.1, 0.15) is 27.4 Å². The van der Waals surface area contributed by atoms with Crippen molar-refractivity contribution in [2.24, 2.45) is 5.73 Å². The van der Waals surface area contributed by atoms with Crippen molar-refractivity contribution in [2.45, 2.75) is 5.92 Å². The molecule has 0 radical (unpaired) electrons. The van der Waals surface area contributed by atoms with Crippen molar-refractivity contribution in [1.29, 1.82) is 5.26 Å². The van der Waals surface area contributed by atoms with Gasteiger partial charge in [0.2, 0.25) is 5.88 Å². The first-order chi connectivity index (χ1) is 17.3. The zero-order valence-corrected chi connectivity index (χ0v) is 19.4. The van der Waals surface area contributed by atoms with Crippen LogP contribution in [0.2, 0.25) is 5.02 Å². The summed E-state index contributed by atoms with van der Waals surface area (Å²) >= 11 is 6.04. The summed E-state index contributed by atoms with van der Waals surface area (Å²) in [5.41, 5.74) is 7.23. The molecule has 1 atom stereocenters. The number of nitrogens with two attached hydrogens (primary N) is 1. The lowest BCUT2D eigenvalue weighted by molar-refractivity contribution is -0.384. The van der Waals surface area contributed by atoms with Crippen molar-refractivity contribution in [2.75, 3.05) is 6.61 Å². The second kappa shape index (κ2) is 10.2. The summed E-state index contributed by atoms with van der Waals surface area (Å²) in [6.45, 7) is 3.98. The average molecular weight is 504 g/mol. The fraction of sp³-hybridized carbons (Fsp3) is 0.0769. The molecule has 2 N–H and O–H groups in total. The normalized spacial score (nSPS) is 14.2. The number of allylic oxidation sites excluding steroid dienone is 1. The van der Waals surface area contributed by atoms with E-state index >= 15 is 0 Å². The molecule has 4 rings (SSSR count). The minimum Gasteiger partial charge on any atom is -0.490 e. The van der Waals surface area contributed by atoms with E-state index in [0.29, 0.717) is 23.7 Å². The van der Waals surface area contributed by atoms with Crippen LogP contribution < -0.4 is 19.9 Å². The van der Waals surface area contributed by atoms with Gasteiger partial charge in [0.05, 0.1) is 21.4 Å². The first-order valence-electron chi connectivity index (χ1n) is 10.5. The number of halogens is 1. The number of carbonyl (C=O) groups is 1. The molecule has 180 valence electrons. The molecule has 3 aromatic carbocycles. The molecule has 1 aliphatic heterocycles. The maximum Gasteiger partial charge on any atom is 0.345 e. The molecule has 0 spiro atoms. The van der Waals surface area contributed by atoms with E-state index in [9.17, 15) is 20.2 Å². The molecule has 1 heterocycles. The van der Waals surface area contributed by atoms with Crippen LogP contribution >= 0.6 is 11.6 Å². The summed E-state index contributed by atoms with van der Waals surface area (Å²) in [4.78, 5) is 23.1. The molecule has 1 unspecified atom stereocenters. The van der Waals surface area contributed by atoms with Crippen molar-refractivity contribution in [3.05, 3.63) is 117 Å². The van der Waals surface area contributed by atoms with E-state index in [1.807, 2.05) is 12.1 Å². The lowest BCUT2D eigenvalue weighted by Gasteiger charge is -2.26. The predicted molar refractivity (Wildman–Crippen MR) is 131 cm³/mol. The lowest BCUT2D eigenvalue weighted by atomic mass is 9.83. The number of hydrogen-bond donors (Lipinski definition) is 1. The second-order valence-electron chi connectivity index (χ2n) is 7.60. The number of nitro groups is 1. The third-order valence-electron chi connectivity index (χ3n) is 5.36. The first kappa shape index (κ1) is 24.3. The SMILES string of the molecule is C=CCOc1ccc(C2C(C#N)=C(N)Oc3cc(OC(=O)c4cc([N+](=O)[O-])ccc4Cl)ccc32)cc1. The van der Waals surface area contributed by atoms with Crippen LogP contribution in [0.25, 0.3) is 0 Å². The number of hydrogen-bond acceptors (Lipinski definition) is 8. The second-order valence-corrected chi connectivity index (χ2v) is 8.01. The van der Waals surface area contributed by atoms with Crippen LogP contribution in [0.15, 0.2) is 84.8 Å². The molecule has 0 aromatic heterocycles. The molecule has 0 aliphatic carbocycles. The molecule has 36 heavy (non-hydrogen) atoms. The Labute approximate surface area is 210 Å². The van der Waals surface area contributed by atoms with Crippen molar-refractivity contribution >= 4 is 23.3 Å². The molecule has 3 aromatic rings. The number of benzene rings is 3. The number of carbonyl (C=O) groups excluding carboxylic acids is 1. The van der Waals surface area contributed by atoms with E-state index in [-0.39, 0.29) is 33.5 Å². The Kier molecular flexibility index (Phi) is 6.90. The van der Waals surface area contributed by atoms with Gasteiger partial charge >= 0.3 is 5.97 Å². The summed E-state index contributed by atoms with van der Waals surface area (Å²) in [5, 5.41) is 20.8. The van der Waals surface area contributed by atoms with E-state index in [4.69, 9.17) is 31.5 Å². The van der Waals surface area contributed by atoms with Gasteiger partial charge in [0.15, 0.2) is 0 Å². The number of nitro benzene ring substituents is 1. The number of esters is 1. The quantitative estimate of drug-likeness (QED) is 0.152. The Bertz CT molecular complexity index is 1440. The Hall–Kier alpha value is -4.81. The first-order valence-corrected chi connectivity index (χ1v) is 10.9. The summed E-state index contributed by atoms with van der Waals surface area (Å²) in [5.74, 6) is -0.452. The van der Waals surface area contributed by atoms with Gasteiger partial charge in [0.1, 0.15) is 35.5 Å². The standard InChI is InChI=1S/C26H18ClN3O6/c1-2-11-34-17-6-3-15(4-7-17)24-19-9-8-18(13-23(19)36-25(29)21(24)14-28)35-26(31)20-12-16(30(32)33)5-10-22(20)27/h2-10,12-13,24H,1,11,29H2. The summed E-state index contributed by atoms with van der Waals surface area (Å²) in [6.07, 6.45) is 1.64. The maximum atomic E-state index is 12.7. The van der Waals surface area contributed by atoms with Crippen LogP contribution in [-0.4, -0.2) is 17.5 Å². The molecule has 9 nitrogen and oxygen atoms in total. The fourth-order valence-corrected chi connectivity index (χ4v) is 3.89. The number of rotatable bonds is 7. The third kappa shape index (κ3) is 4.85. The number of fused-ring (bicyclic) bond motifs is 1. The molecule has 0 saturated heterocycles. The fourth-order valence-electron chi connectivity index (χ4n) is 3.70. The molecule has 0 saturated carbocycles. The van der Waals surface area contributed by atoms with Gasteiger partial charge in [-0.15, -0.1) is 0 Å². The lowest BCUT2D eigenvalue weighted by Crippen LogP contribution is -2.21. The predicted octanol–water partition coefficient (Wildman–Crippen LogP) is 5.25. The molecular weight excluding hydrogens is 486 g/mol. The highest BCUT2D eigenvalue weighted by Crippen LogP contribution is 2.43. The highest BCUT2D eigenvalue weighted by atomic mass is 35.5. The van der Waals surface area contributed by atoms with Gasteiger partial charge < -0.3 is 19.9 Å². The van der Waals surface area contributed by atoms with Gasteiger partial charge in [-0.25, -0.2) is 4.79 Å².